The van der Waals surface area contributed by atoms with Crippen LogP contribution in [0, 0.1) is 5.41 Å². The minimum Gasteiger partial charge on any atom is -0.487 e. The van der Waals surface area contributed by atoms with Gasteiger partial charge in [-0.2, -0.15) is 5.10 Å². The van der Waals surface area contributed by atoms with Gasteiger partial charge in [0.15, 0.2) is 0 Å². The molecule has 0 amide bonds. The minimum atomic E-state index is -0.982. The van der Waals surface area contributed by atoms with E-state index in [0.717, 1.165) is 12.3 Å². The van der Waals surface area contributed by atoms with E-state index in [4.69, 9.17) is 4.74 Å². The third-order valence-electron chi connectivity index (χ3n) is 3.34. The number of carboxylic acid groups (broad SMARTS) is 1. The van der Waals surface area contributed by atoms with Crippen molar-refractivity contribution in [2.75, 3.05) is 13.1 Å². The van der Waals surface area contributed by atoms with Crippen LogP contribution in [-0.4, -0.2) is 33.9 Å². The molecule has 0 radical (unpaired) electrons. The van der Waals surface area contributed by atoms with Gasteiger partial charge in [-0.3, -0.25) is 4.68 Å². The van der Waals surface area contributed by atoms with Crippen LogP contribution in [0.25, 0.3) is 0 Å². The molecule has 1 aromatic heterocycles. The molecular formula is C18H25N3O3. The molecule has 0 saturated heterocycles. The monoisotopic (exact) mass is 331 g/mol. The highest BCUT2D eigenvalue weighted by Crippen LogP contribution is 2.13. The Morgan fingerprint density at radius 3 is 2.62 bits per heavy atom. The van der Waals surface area contributed by atoms with E-state index in [2.05, 4.69) is 31.2 Å². The van der Waals surface area contributed by atoms with Crippen LogP contribution < -0.4 is 10.1 Å². The van der Waals surface area contributed by atoms with Crippen LogP contribution >= 0.6 is 0 Å². The molecule has 0 aliphatic rings. The van der Waals surface area contributed by atoms with Gasteiger partial charge in [0.2, 0.25) is 0 Å². The van der Waals surface area contributed by atoms with Gasteiger partial charge in [-0.05, 0) is 23.6 Å². The van der Waals surface area contributed by atoms with Gasteiger partial charge in [-0.25, -0.2) is 4.79 Å². The molecule has 6 nitrogen and oxygen atoms in total. The highest BCUT2D eigenvalue weighted by atomic mass is 16.5. The molecular weight excluding hydrogens is 306 g/mol. The molecule has 2 rings (SSSR count). The summed E-state index contributed by atoms with van der Waals surface area (Å²) < 4.78 is 7.14. The highest BCUT2D eigenvalue weighted by Gasteiger charge is 2.15. The van der Waals surface area contributed by atoms with E-state index in [1.165, 1.54) is 4.68 Å². The second kappa shape index (κ2) is 7.97. The Kier molecular flexibility index (Phi) is 5.98. The summed E-state index contributed by atoms with van der Waals surface area (Å²) in [6, 6.07) is 11.0. The molecule has 0 aliphatic carbocycles. The second-order valence-electron chi connectivity index (χ2n) is 6.89. The van der Waals surface area contributed by atoms with Gasteiger partial charge in [0.25, 0.3) is 0 Å². The maximum atomic E-state index is 11.4. The first-order valence-electron chi connectivity index (χ1n) is 8.04. The van der Waals surface area contributed by atoms with Crippen molar-refractivity contribution in [3.8, 4) is 5.75 Å². The molecule has 0 unspecified atom stereocenters. The first-order chi connectivity index (χ1) is 11.3. The molecule has 0 saturated carbocycles. The maximum absolute atomic E-state index is 11.4. The summed E-state index contributed by atoms with van der Waals surface area (Å²) in [6.07, 6.45) is 0. The predicted octanol–water partition coefficient (Wildman–Crippen LogP) is 2.80. The van der Waals surface area contributed by atoms with Gasteiger partial charge >= 0.3 is 5.97 Å². The van der Waals surface area contributed by atoms with Crippen LogP contribution in [-0.2, 0) is 13.2 Å². The number of carbonyl (C=O) groups is 1. The number of benzene rings is 1. The number of hydrogen-bond acceptors (Lipinski definition) is 4. The third-order valence-corrected chi connectivity index (χ3v) is 3.34. The molecule has 0 atom stereocenters. The lowest BCUT2D eigenvalue weighted by Gasteiger charge is -2.18. The van der Waals surface area contributed by atoms with E-state index in [9.17, 15) is 9.90 Å². The smallest absolute Gasteiger partial charge is 0.354 e. The summed E-state index contributed by atoms with van der Waals surface area (Å²) in [5, 5.41) is 17.0. The third kappa shape index (κ3) is 5.70. The molecule has 2 N–H and O–H groups in total. The summed E-state index contributed by atoms with van der Waals surface area (Å²) in [5.74, 6) is -0.250. The number of carboxylic acids is 1. The highest BCUT2D eigenvalue weighted by molar-refractivity contribution is 5.85. The number of aromatic nitrogens is 2. The maximum Gasteiger partial charge on any atom is 0.354 e. The van der Waals surface area contributed by atoms with Crippen LogP contribution in [0.4, 0.5) is 0 Å². The molecule has 0 fully saturated rings. The minimum absolute atomic E-state index is 0.180. The van der Waals surface area contributed by atoms with E-state index >= 15 is 0 Å². The fraction of sp³-hybridized carbons (Fsp3) is 0.444. The standard InChI is InChI=1S/C18H25N3O3/c1-18(2,3)13-19-9-10-21-16(17(22)23)11-14(20-21)12-24-15-7-5-4-6-8-15/h4-8,11,19H,9-10,12-13H2,1-3H3,(H,22,23). The van der Waals surface area contributed by atoms with E-state index < -0.39 is 5.97 Å². The molecule has 0 spiro atoms. The summed E-state index contributed by atoms with van der Waals surface area (Å²) >= 11 is 0. The van der Waals surface area contributed by atoms with Gasteiger partial charge < -0.3 is 15.2 Å². The SMILES string of the molecule is CC(C)(C)CNCCn1nc(COc2ccccc2)cc1C(=O)O. The number of nitrogens with one attached hydrogen (secondary N) is 1. The first-order valence-corrected chi connectivity index (χ1v) is 8.04. The molecule has 6 heteroatoms. The van der Waals surface area contributed by atoms with E-state index in [-0.39, 0.29) is 17.7 Å². The number of nitrogens with zero attached hydrogens (tertiary/aromatic N) is 2. The number of para-hydroxylation sites is 1. The summed E-state index contributed by atoms with van der Waals surface area (Å²) in [5.41, 5.74) is 0.973. The quantitative estimate of drug-likeness (QED) is 0.728. The summed E-state index contributed by atoms with van der Waals surface area (Å²) in [7, 11) is 0. The van der Waals surface area contributed by atoms with E-state index in [0.29, 0.717) is 18.8 Å². The van der Waals surface area contributed by atoms with E-state index in [1.54, 1.807) is 6.07 Å². The normalized spacial score (nSPS) is 11.5. The lowest BCUT2D eigenvalue weighted by Crippen LogP contribution is -2.30. The average Bonchev–Trinajstić information content (AvgIpc) is 2.93. The van der Waals surface area contributed by atoms with Gasteiger partial charge in [-0.1, -0.05) is 39.0 Å². The van der Waals surface area contributed by atoms with Crippen LogP contribution in [0.1, 0.15) is 37.0 Å². The van der Waals surface area contributed by atoms with Gasteiger partial charge in [0, 0.05) is 13.1 Å². The van der Waals surface area contributed by atoms with Gasteiger partial charge in [0.1, 0.15) is 23.7 Å². The number of aromatic carboxylic acids is 1. The molecule has 1 heterocycles. The molecule has 0 bridgehead atoms. The van der Waals surface area contributed by atoms with Crippen LogP contribution in [0.2, 0.25) is 0 Å². The van der Waals surface area contributed by atoms with Gasteiger partial charge in [-0.15, -0.1) is 0 Å². The van der Waals surface area contributed by atoms with Gasteiger partial charge in [0.05, 0.1) is 6.54 Å². The van der Waals surface area contributed by atoms with Crippen molar-refractivity contribution in [3.05, 3.63) is 47.8 Å². The van der Waals surface area contributed by atoms with Crippen LogP contribution in [0.3, 0.4) is 0 Å². The zero-order chi connectivity index (χ0) is 17.6. The lowest BCUT2D eigenvalue weighted by atomic mass is 9.97. The van der Waals surface area contributed by atoms with Crippen molar-refractivity contribution < 1.29 is 14.6 Å². The zero-order valence-corrected chi connectivity index (χ0v) is 14.5. The van der Waals surface area contributed by atoms with E-state index in [1.807, 2.05) is 30.3 Å². The van der Waals surface area contributed by atoms with Crippen molar-refractivity contribution in [1.82, 2.24) is 15.1 Å². The molecule has 0 aliphatic heterocycles. The number of ether oxygens (including phenoxy) is 1. The van der Waals surface area contributed by atoms with Crippen molar-refractivity contribution in [2.45, 2.75) is 33.9 Å². The second-order valence-corrected chi connectivity index (χ2v) is 6.89. The van der Waals surface area contributed by atoms with Crippen molar-refractivity contribution in [2.24, 2.45) is 5.41 Å². The summed E-state index contributed by atoms with van der Waals surface area (Å²) in [6.45, 7) is 8.72. The molecule has 130 valence electrons. The average molecular weight is 331 g/mol. The number of hydrogen-bond donors (Lipinski definition) is 2. The molecule has 1 aromatic carbocycles. The Morgan fingerprint density at radius 2 is 2.00 bits per heavy atom. The Hall–Kier alpha value is -2.34. The fourth-order valence-corrected chi connectivity index (χ4v) is 2.21. The number of rotatable bonds is 8. The molecule has 2 aromatic rings. The van der Waals surface area contributed by atoms with Crippen molar-refractivity contribution in [3.63, 3.8) is 0 Å². The fourth-order valence-electron chi connectivity index (χ4n) is 2.21. The first kappa shape index (κ1) is 18.0. The molecule has 24 heavy (non-hydrogen) atoms. The Morgan fingerprint density at radius 1 is 1.29 bits per heavy atom. The van der Waals surface area contributed by atoms with Crippen molar-refractivity contribution >= 4 is 5.97 Å². The lowest BCUT2D eigenvalue weighted by molar-refractivity contribution is 0.0683. The Bertz CT molecular complexity index is 660. The Labute approximate surface area is 142 Å². The van der Waals surface area contributed by atoms with Crippen molar-refractivity contribution in [1.29, 1.82) is 0 Å². The zero-order valence-electron chi connectivity index (χ0n) is 14.5. The topological polar surface area (TPSA) is 76.4 Å². The van der Waals surface area contributed by atoms with Crippen LogP contribution in [0.5, 0.6) is 5.75 Å². The summed E-state index contributed by atoms with van der Waals surface area (Å²) in [4.78, 5) is 11.4. The largest absolute Gasteiger partial charge is 0.487 e. The predicted molar refractivity (Wildman–Crippen MR) is 92.3 cm³/mol. The Balaban J connectivity index is 1.95. The van der Waals surface area contributed by atoms with Crippen LogP contribution in [0.15, 0.2) is 36.4 Å².